The summed E-state index contributed by atoms with van der Waals surface area (Å²) in [7, 11) is 1.45. The lowest BCUT2D eigenvalue weighted by atomic mass is 10.1. The zero-order valence-electron chi connectivity index (χ0n) is 19.9. The number of anilines is 2. The SMILES string of the molecule is COCCC(/C=C/COC(=O)N1CCN(c2ncc(C#N)cn2)CC1)Nc1cn[nH]c(=O)c1C(F)(F)F. The fourth-order valence-corrected chi connectivity index (χ4v) is 3.51. The van der Waals surface area contributed by atoms with Gasteiger partial charge in [-0.3, -0.25) is 4.79 Å². The molecule has 12 nitrogen and oxygen atoms in total. The van der Waals surface area contributed by atoms with Gasteiger partial charge in [-0.2, -0.15) is 23.5 Å². The second-order valence-electron chi connectivity index (χ2n) is 7.88. The number of nitrogens with zero attached hydrogens (tertiary/aromatic N) is 6. The molecule has 37 heavy (non-hydrogen) atoms. The van der Waals surface area contributed by atoms with Gasteiger partial charge in [-0.05, 0) is 12.5 Å². The second-order valence-corrected chi connectivity index (χ2v) is 7.88. The van der Waals surface area contributed by atoms with Gasteiger partial charge in [-0.1, -0.05) is 6.08 Å². The number of nitrogens with one attached hydrogen (secondary N) is 2. The first-order chi connectivity index (χ1) is 17.7. The summed E-state index contributed by atoms with van der Waals surface area (Å²) >= 11 is 0. The van der Waals surface area contributed by atoms with Crippen LogP contribution in [0.5, 0.6) is 0 Å². The van der Waals surface area contributed by atoms with Crippen molar-refractivity contribution >= 4 is 17.7 Å². The highest BCUT2D eigenvalue weighted by Gasteiger charge is 2.37. The summed E-state index contributed by atoms with van der Waals surface area (Å²) in [5.74, 6) is 0.467. The number of carbonyl (C=O) groups is 1. The Kier molecular flexibility index (Phi) is 9.39. The number of hydrogen-bond donors (Lipinski definition) is 2. The monoisotopic (exact) mass is 522 g/mol. The summed E-state index contributed by atoms with van der Waals surface area (Å²) < 4.78 is 50.2. The fraction of sp³-hybridized carbons (Fsp3) is 0.455. The van der Waals surface area contributed by atoms with Crippen molar-refractivity contribution in [2.45, 2.75) is 18.6 Å². The van der Waals surface area contributed by atoms with Crippen LogP contribution in [0.2, 0.25) is 0 Å². The second kappa shape index (κ2) is 12.7. The average Bonchev–Trinajstić information content (AvgIpc) is 2.88. The van der Waals surface area contributed by atoms with Crippen molar-refractivity contribution < 1.29 is 27.4 Å². The Morgan fingerprint density at radius 3 is 2.59 bits per heavy atom. The van der Waals surface area contributed by atoms with Gasteiger partial charge in [0.1, 0.15) is 18.2 Å². The van der Waals surface area contributed by atoms with Crippen molar-refractivity contribution in [1.29, 1.82) is 5.26 Å². The molecule has 1 atom stereocenters. The first kappa shape index (κ1) is 27.4. The summed E-state index contributed by atoms with van der Waals surface area (Å²) in [5, 5.41) is 16.7. The molecule has 15 heteroatoms. The number of alkyl halides is 3. The van der Waals surface area contributed by atoms with Gasteiger partial charge in [0, 0.05) is 45.9 Å². The molecule has 0 aromatic carbocycles. The van der Waals surface area contributed by atoms with E-state index in [1.807, 2.05) is 11.0 Å². The molecule has 0 aliphatic carbocycles. The zero-order chi connectivity index (χ0) is 26.8. The lowest BCUT2D eigenvalue weighted by Gasteiger charge is -2.33. The molecule has 2 N–H and O–H groups in total. The van der Waals surface area contributed by atoms with Crippen LogP contribution in [0.15, 0.2) is 35.5 Å². The van der Waals surface area contributed by atoms with Crippen LogP contribution < -0.4 is 15.8 Å². The third-order valence-electron chi connectivity index (χ3n) is 5.37. The molecule has 2 aromatic heterocycles. The molecule has 1 amide bonds. The van der Waals surface area contributed by atoms with Crippen LogP contribution in [0.1, 0.15) is 17.5 Å². The first-order valence-corrected chi connectivity index (χ1v) is 11.2. The van der Waals surface area contributed by atoms with Crippen LogP contribution in [0.4, 0.5) is 29.6 Å². The fourth-order valence-electron chi connectivity index (χ4n) is 3.51. The Balaban J connectivity index is 1.52. The van der Waals surface area contributed by atoms with Gasteiger partial charge in [-0.15, -0.1) is 0 Å². The summed E-state index contributed by atoms with van der Waals surface area (Å²) in [6.07, 6.45) is 1.66. The Bertz CT molecular complexity index is 1170. The predicted molar refractivity (Wildman–Crippen MR) is 125 cm³/mol. The number of aromatic amines is 1. The van der Waals surface area contributed by atoms with E-state index in [0.29, 0.717) is 37.7 Å². The lowest BCUT2D eigenvalue weighted by Crippen LogP contribution is -2.49. The van der Waals surface area contributed by atoms with Crippen molar-refractivity contribution in [3.8, 4) is 6.07 Å². The predicted octanol–water partition coefficient (Wildman–Crippen LogP) is 1.78. The molecule has 198 valence electrons. The zero-order valence-corrected chi connectivity index (χ0v) is 19.9. The van der Waals surface area contributed by atoms with E-state index < -0.39 is 35.1 Å². The number of amides is 1. The molecule has 3 heterocycles. The third-order valence-corrected chi connectivity index (χ3v) is 5.37. The Morgan fingerprint density at radius 1 is 1.27 bits per heavy atom. The molecule has 0 saturated carbocycles. The number of rotatable bonds is 9. The summed E-state index contributed by atoms with van der Waals surface area (Å²) in [5.41, 5.74) is -2.85. The van der Waals surface area contributed by atoms with E-state index >= 15 is 0 Å². The van der Waals surface area contributed by atoms with Crippen molar-refractivity contribution in [3.63, 3.8) is 0 Å². The highest BCUT2D eigenvalue weighted by atomic mass is 19.4. The van der Waals surface area contributed by atoms with Gasteiger partial charge in [0.2, 0.25) is 5.95 Å². The third kappa shape index (κ3) is 7.64. The Morgan fingerprint density at radius 2 is 1.97 bits per heavy atom. The van der Waals surface area contributed by atoms with E-state index in [-0.39, 0.29) is 19.6 Å². The van der Waals surface area contributed by atoms with Crippen molar-refractivity contribution in [3.05, 3.63) is 52.2 Å². The summed E-state index contributed by atoms with van der Waals surface area (Å²) in [4.78, 5) is 35.8. The van der Waals surface area contributed by atoms with E-state index in [9.17, 15) is 22.8 Å². The van der Waals surface area contributed by atoms with Gasteiger partial charge >= 0.3 is 12.3 Å². The summed E-state index contributed by atoms with van der Waals surface area (Å²) in [6, 6.07) is 1.30. The maximum Gasteiger partial charge on any atom is 0.423 e. The number of carbonyl (C=O) groups excluding carboxylic acids is 1. The number of ether oxygens (including phenoxy) is 2. The normalized spacial score (nSPS) is 14.9. The average molecular weight is 522 g/mol. The standard InChI is InChI=1S/C22H25F3N8O4/c1-36-10-4-16(30-17-14-29-31-19(34)18(17)22(23,24)25)3-2-9-37-21(35)33-7-5-32(6-8-33)20-27-12-15(11-26)13-28-20/h2-3,12-14,16H,4-10H2,1H3,(H2,30,31,34)/b3-2+. The minimum absolute atomic E-state index is 0.108. The maximum atomic E-state index is 13.3. The number of hydrogen-bond acceptors (Lipinski definition) is 10. The van der Waals surface area contributed by atoms with Crippen molar-refractivity contribution in [2.75, 3.05) is 56.7 Å². The number of halogens is 3. The number of piperazine rings is 1. The molecular formula is C22H25F3N8O4. The van der Waals surface area contributed by atoms with Crippen molar-refractivity contribution in [2.24, 2.45) is 0 Å². The van der Waals surface area contributed by atoms with E-state index in [1.54, 1.807) is 5.10 Å². The lowest BCUT2D eigenvalue weighted by molar-refractivity contribution is -0.138. The molecule has 3 rings (SSSR count). The van der Waals surface area contributed by atoms with Gasteiger partial charge in [0.15, 0.2) is 0 Å². The molecule has 1 saturated heterocycles. The van der Waals surface area contributed by atoms with E-state index in [1.165, 1.54) is 36.6 Å². The van der Waals surface area contributed by atoms with E-state index in [0.717, 1.165) is 6.20 Å². The number of aromatic nitrogens is 4. The molecule has 0 radical (unpaired) electrons. The molecule has 1 fully saturated rings. The number of nitriles is 1. The summed E-state index contributed by atoms with van der Waals surface area (Å²) in [6.45, 7) is 1.83. The maximum absolute atomic E-state index is 13.3. The Hall–Kier alpha value is -4.19. The minimum atomic E-state index is -4.87. The minimum Gasteiger partial charge on any atom is -0.445 e. The van der Waals surface area contributed by atoms with Gasteiger partial charge in [0.05, 0.1) is 29.8 Å². The van der Waals surface area contributed by atoms with Gasteiger partial charge in [-0.25, -0.2) is 19.9 Å². The highest BCUT2D eigenvalue weighted by Crippen LogP contribution is 2.31. The van der Waals surface area contributed by atoms with E-state index in [2.05, 4.69) is 20.4 Å². The van der Waals surface area contributed by atoms with Crippen LogP contribution in [-0.2, 0) is 15.7 Å². The van der Waals surface area contributed by atoms with Crippen LogP contribution in [0.25, 0.3) is 0 Å². The molecule has 1 aliphatic heterocycles. The topological polar surface area (TPSA) is 149 Å². The molecule has 1 aliphatic rings. The van der Waals surface area contributed by atoms with Gasteiger partial charge in [0.25, 0.3) is 5.56 Å². The van der Waals surface area contributed by atoms with Crippen LogP contribution >= 0.6 is 0 Å². The molecule has 2 aromatic rings. The molecule has 0 bridgehead atoms. The van der Waals surface area contributed by atoms with Crippen molar-refractivity contribution in [1.82, 2.24) is 25.1 Å². The van der Waals surface area contributed by atoms with Crippen LogP contribution in [0.3, 0.4) is 0 Å². The molecule has 0 spiro atoms. The van der Waals surface area contributed by atoms with Crippen LogP contribution in [0, 0.1) is 11.3 Å². The highest BCUT2D eigenvalue weighted by molar-refractivity contribution is 5.68. The smallest absolute Gasteiger partial charge is 0.423 e. The number of methoxy groups -OCH3 is 1. The molecular weight excluding hydrogens is 497 g/mol. The first-order valence-electron chi connectivity index (χ1n) is 11.2. The molecule has 1 unspecified atom stereocenters. The Labute approximate surface area is 209 Å². The number of H-pyrrole nitrogens is 1. The van der Waals surface area contributed by atoms with Crippen LogP contribution in [-0.4, -0.2) is 83.7 Å². The quantitative estimate of drug-likeness (QED) is 0.467. The van der Waals surface area contributed by atoms with E-state index in [4.69, 9.17) is 14.7 Å². The largest absolute Gasteiger partial charge is 0.445 e. The van der Waals surface area contributed by atoms with Gasteiger partial charge < -0.3 is 24.6 Å².